The maximum Gasteiger partial charge on any atom is 0.324 e. The first-order valence-corrected chi connectivity index (χ1v) is 11.9. The van der Waals surface area contributed by atoms with Crippen LogP contribution in [0.15, 0.2) is 24.3 Å². The number of unbranched alkanes of at least 4 members (excludes halogenated alkanes) is 9. The quantitative estimate of drug-likeness (QED) is 0.160. The second-order valence-corrected chi connectivity index (χ2v) is 8.31. The molecule has 1 atom stereocenters. The molecule has 1 aromatic carbocycles. The summed E-state index contributed by atoms with van der Waals surface area (Å²) in [6, 6.07) is 6.87. The van der Waals surface area contributed by atoms with Gasteiger partial charge in [-0.15, -0.1) is 0 Å². The molecule has 1 unspecified atom stereocenters. The Hall–Kier alpha value is -1.95. The maximum atomic E-state index is 12.3. The van der Waals surface area contributed by atoms with E-state index in [1.807, 2.05) is 17.0 Å². The molecule has 0 bridgehead atoms. The topological polar surface area (TPSA) is 73.8 Å². The number of ether oxygens (including phenoxy) is 1. The average molecular weight is 420 g/mol. The second-order valence-electron chi connectivity index (χ2n) is 8.31. The van der Waals surface area contributed by atoms with Gasteiger partial charge in [0.05, 0.1) is 0 Å². The van der Waals surface area contributed by atoms with E-state index in [1.54, 1.807) is 12.1 Å². The summed E-state index contributed by atoms with van der Waals surface area (Å²) in [4.78, 5) is 14.1. The van der Waals surface area contributed by atoms with Crippen LogP contribution in [0.5, 0.6) is 5.75 Å². The summed E-state index contributed by atoms with van der Waals surface area (Å²) in [6.45, 7) is 5.47. The van der Waals surface area contributed by atoms with Crippen LogP contribution in [-0.4, -0.2) is 35.2 Å². The van der Waals surface area contributed by atoms with Crippen molar-refractivity contribution in [3.05, 3.63) is 24.3 Å². The molecule has 2 amide bonds. The smallest absolute Gasteiger partial charge is 0.324 e. The number of benzene rings is 1. The number of carbonyl (C=O) groups is 1. The number of nitrogens with one attached hydrogen (secondary N) is 2. The van der Waals surface area contributed by atoms with E-state index in [4.69, 9.17) is 4.74 Å². The number of phenols is 1. The highest BCUT2D eigenvalue weighted by molar-refractivity contribution is 5.81. The monoisotopic (exact) mass is 419 g/mol. The average Bonchev–Trinajstić information content (AvgIpc) is 2.74. The normalized spacial score (nSPS) is 18.2. The molecule has 0 saturated carbocycles. The Morgan fingerprint density at radius 3 is 2.17 bits per heavy atom. The molecule has 6 heteroatoms. The van der Waals surface area contributed by atoms with Crippen molar-refractivity contribution in [3.63, 3.8) is 0 Å². The summed E-state index contributed by atoms with van der Waals surface area (Å²) in [5.74, 6) is -0.460. The van der Waals surface area contributed by atoms with Gasteiger partial charge < -0.3 is 15.2 Å². The maximum absolute atomic E-state index is 12.3. The van der Waals surface area contributed by atoms with E-state index in [2.05, 4.69) is 24.5 Å². The molecule has 30 heavy (non-hydrogen) atoms. The zero-order valence-corrected chi connectivity index (χ0v) is 18.9. The fourth-order valence-electron chi connectivity index (χ4n) is 3.92. The fourth-order valence-corrected chi connectivity index (χ4v) is 3.92. The Kier molecular flexibility index (Phi) is 10.8. The van der Waals surface area contributed by atoms with Crippen molar-refractivity contribution in [2.75, 3.05) is 18.6 Å². The van der Waals surface area contributed by atoms with Crippen molar-refractivity contribution in [2.45, 2.75) is 96.7 Å². The number of hydrogen-bond donors (Lipinski definition) is 3. The predicted octanol–water partition coefficient (Wildman–Crippen LogP) is 6.18. The lowest BCUT2D eigenvalue weighted by molar-refractivity contribution is -0.191. The molecule has 1 saturated heterocycles. The minimum atomic E-state index is -0.698. The number of carbonyl (C=O) groups excluding carboxylic acids is 1. The Labute approximate surface area is 182 Å². The predicted molar refractivity (Wildman–Crippen MR) is 122 cm³/mol. The lowest BCUT2D eigenvalue weighted by Crippen LogP contribution is -2.77. The van der Waals surface area contributed by atoms with Crippen LogP contribution in [0.4, 0.5) is 10.5 Å². The third kappa shape index (κ3) is 7.71. The van der Waals surface area contributed by atoms with Crippen LogP contribution in [0.1, 0.15) is 90.9 Å². The van der Waals surface area contributed by atoms with Gasteiger partial charge in [0.2, 0.25) is 5.85 Å². The molecule has 170 valence electrons. The van der Waals surface area contributed by atoms with E-state index in [0.29, 0.717) is 6.73 Å². The van der Waals surface area contributed by atoms with Crippen LogP contribution in [0.3, 0.4) is 0 Å². The van der Waals surface area contributed by atoms with E-state index < -0.39 is 5.85 Å². The number of urea groups is 1. The zero-order valence-electron chi connectivity index (χ0n) is 18.9. The van der Waals surface area contributed by atoms with Gasteiger partial charge in [-0.25, -0.2) is 4.79 Å². The van der Waals surface area contributed by atoms with Gasteiger partial charge in [0.1, 0.15) is 12.5 Å². The molecule has 1 aromatic rings. The Morgan fingerprint density at radius 2 is 1.53 bits per heavy atom. The van der Waals surface area contributed by atoms with E-state index in [9.17, 15) is 9.90 Å². The first-order chi connectivity index (χ1) is 14.6. The summed E-state index contributed by atoms with van der Waals surface area (Å²) in [6.07, 6.45) is 14.0. The molecule has 0 aromatic heterocycles. The molecule has 0 aliphatic carbocycles. The minimum Gasteiger partial charge on any atom is -0.508 e. The Balaban J connectivity index is 1.85. The van der Waals surface area contributed by atoms with Gasteiger partial charge in [-0.3, -0.25) is 10.2 Å². The summed E-state index contributed by atoms with van der Waals surface area (Å²) >= 11 is 0. The highest BCUT2D eigenvalue weighted by Gasteiger charge is 2.50. The van der Waals surface area contributed by atoms with Crippen LogP contribution in [0, 0.1) is 0 Å². The Bertz CT molecular complexity index is 608. The van der Waals surface area contributed by atoms with Gasteiger partial charge in [0.25, 0.3) is 0 Å². The Morgan fingerprint density at radius 1 is 0.933 bits per heavy atom. The van der Waals surface area contributed by atoms with Gasteiger partial charge in [0.15, 0.2) is 0 Å². The SMILES string of the molecule is CCCCCCCCCC1(OCNc2ccc(O)cc2)NC(=O)N1CCCCCC. The molecule has 6 nitrogen and oxygen atoms in total. The number of amides is 2. The largest absolute Gasteiger partial charge is 0.508 e. The molecule has 3 N–H and O–H groups in total. The second kappa shape index (κ2) is 13.4. The number of hydrogen-bond acceptors (Lipinski definition) is 4. The molecular formula is C24H41N3O3. The summed E-state index contributed by atoms with van der Waals surface area (Å²) in [7, 11) is 0. The lowest BCUT2D eigenvalue weighted by atomic mass is 10.0. The third-order valence-electron chi connectivity index (χ3n) is 5.79. The van der Waals surface area contributed by atoms with Crippen molar-refractivity contribution in [2.24, 2.45) is 0 Å². The van der Waals surface area contributed by atoms with E-state index in [1.165, 1.54) is 51.4 Å². The number of rotatable bonds is 17. The number of phenolic OH excluding ortho intramolecular Hbond substituents is 1. The molecule has 1 aliphatic rings. The first kappa shape index (κ1) is 24.3. The molecular weight excluding hydrogens is 378 g/mol. The van der Waals surface area contributed by atoms with Gasteiger partial charge >= 0.3 is 6.03 Å². The number of aromatic hydroxyl groups is 1. The van der Waals surface area contributed by atoms with E-state index >= 15 is 0 Å². The van der Waals surface area contributed by atoms with Gasteiger partial charge in [-0.2, -0.15) is 0 Å². The minimum absolute atomic E-state index is 0.0286. The molecule has 2 rings (SSSR count). The highest BCUT2D eigenvalue weighted by atomic mass is 16.6. The van der Waals surface area contributed by atoms with E-state index in [0.717, 1.165) is 37.9 Å². The van der Waals surface area contributed by atoms with Crippen molar-refractivity contribution in [3.8, 4) is 5.75 Å². The van der Waals surface area contributed by atoms with Crippen molar-refractivity contribution >= 4 is 11.7 Å². The number of nitrogens with zero attached hydrogens (tertiary/aromatic N) is 1. The van der Waals surface area contributed by atoms with Crippen LogP contribution in [0.2, 0.25) is 0 Å². The lowest BCUT2D eigenvalue weighted by Gasteiger charge is -2.52. The van der Waals surface area contributed by atoms with Gasteiger partial charge in [-0.1, -0.05) is 71.6 Å². The summed E-state index contributed by atoms with van der Waals surface area (Å²) in [5.41, 5.74) is 0.874. The van der Waals surface area contributed by atoms with E-state index in [-0.39, 0.29) is 11.8 Å². The standard InChI is InChI=1S/C24H41N3O3/c1-3-5-7-9-10-11-12-18-24(26-23(29)27(24)19-13-8-6-4-2)30-20-25-21-14-16-22(28)17-15-21/h14-17,25,28H,3-13,18-20H2,1-2H3,(H,26,29). The molecule has 1 fully saturated rings. The summed E-state index contributed by atoms with van der Waals surface area (Å²) < 4.78 is 6.21. The molecule has 1 heterocycles. The molecule has 0 radical (unpaired) electrons. The van der Waals surface area contributed by atoms with Crippen LogP contribution < -0.4 is 10.6 Å². The van der Waals surface area contributed by atoms with Crippen LogP contribution >= 0.6 is 0 Å². The summed E-state index contributed by atoms with van der Waals surface area (Å²) in [5, 5.41) is 15.7. The molecule has 1 aliphatic heterocycles. The van der Waals surface area contributed by atoms with Crippen LogP contribution in [0.25, 0.3) is 0 Å². The first-order valence-electron chi connectivity index (χ1n) is 11.9. The van der Waals surface area contributed by atoms with Gasteiger partial charge in [0, 0.05) is 18.7 Å². The number of anilines is 1. The van der Waals surface area contributed by atoms with Crippen molar-refractivity contribution < 1.29 is 14.6 Å². The fraction of sp³-hybridized carbons (Fsp3) is 0.708. The van der Waals surface area contributed by atoms with Crippen molar-refractivity contribution in [1.82, 2.24) is 10.2 Å². The highest BCUT2D eigenvalue weighted by Crippen LogP contribution is 2.30. The zero-order chi connectivity index (χ0) is 21.7. The van der Waals surface area contributed by atoms with Gasteiger partial charge in [-0.05, 0) is 37.1 Å². The van der Waals surface area contributed by atoms with Crippen LogP contribution in [-0.2, 0) is 4.74 Å². The third-order valence-corrected chi connectivity index (χ3v) is 5.79. The molecule has 0 spiro atoms. The van der Waals surface area contributed by atoms with Crippen molar-refractivity contribution in [1.29, 1.82) is 0 Å².